The quantitative estimate of drug-likeness (QED) is 0.727. The molecule has 0 aliphatic carbocycles. The maximum Gasteiger partial charge on any atom is 0.252 e. The molecule has 0 aromatic carbocycles. The topological polar surface area (TPSA) is 46.6 Å². The smallest absolute Gasteiger partial charge is 0.252 e. The summed E-state index contributed by atoms with van der Waals surface area (Å²) in [5.74, 6) is 0.325. The predicted molar refractivity (Wildman–Crippen MR) is 74.8 cm³/mol. The number of alkyl halides is 1. The molecule has 0 aliphatic rings. The average Bonchev–Trinajstić information content (AvgIpc) is 2.79. The van der Waals surface area contributed by atoms with Crippen LogP contribution >= 0.6 is 22.9 Å². The van der Waals surface area contributed by atoms with Crippen LogP contribution in [0.5, 0.6) is 0 Å². The molecule has 1 unspecified atom stereocenters. The fourth-order valence-electron chi connectivity index (χ4n) is 1.72. The van der Waals surface area contributed by atoms with Gasteiger partial charge in [-0.15, -0.1) is 22.9 Å². The van der Waals surface area contributed by atoms with Crippen molar-refractivity contribution >= 4 is 33.0 Å². The number of methoxy groups -OCH3 is 1. The maximum atomic E-state index is 12.4. The number of likely N-dealkylation sites (N-methyl/N-ethyl adjacent to an activating group) is 1. The molecule has 1 heterocycles. The second-order valence-electron chi connectivity index (χ2n) is 3.92. The molecule has 0 spiro atoms. The zero-order valence-electron chi connectivity index (χ0n) is 10.7. The molecule has 0 radical (unpaired) electrons. The molecule has 4 nitrogen and oxygen atoms in total. The van der Waals surface area contributed by atoms with Crippen molar-refractivity contribution in [1.82, 2.24) is 4.31 Å². The Labute approximate surface area is 118 Å². The normalized spacial score (nSPS) is 14.1. The molecule has 18 heavy (non-hydrogen) atoms. The first-order valence-electron chi connectivity index (χ1n) is 5.61. The third kappa shape index (κ3) is 3.45. The minimum Gasteiger partial charge on any atom is -0.383 e. The summed E-state index contributed by atoms with van der Waals surface area (Å²) in [6, 6.07) is 1.45. The van der Waals surface area contributed by atoms with E-state index in [2.05, 4.69) is 0 Å². The maximum absolute atomic E-state index is 12.4. The SMILES string of the molecule is CCN(C(C)COC)S(=O)(=O)c1cc(CCl)cs1. The Hall–Kier alpha value is -0.140. The lowest BCUT2D eigenvalue weighted by molar-refractivity contribution is 0.143. The number of hydrogen-bond acceptors (Lipinski definition) is 4. The van der Waals surface area contributed by atoms with Crippen molar-refractivity contribution < 1.29 is 13.2 Å². The van der Waals surface area contributed by atoms with E-state index in [1.54, 1.807) is 18.6 Å². The molecule has 0 amide bonds. The van der Waals surface area contributed by atoms with Crippen molar-refractivity contribution in [2.24, 2.45) is 0 Å². The molecule has 0 N–H and O–H groups in total. The summed E-state index contributed by atoms with van der Waals surface area (Å²) in [4.78, 5) is 0. The first-order chi connectivity index (χ1) is 8.47. The van der Waals surface area contributed by atoms with E-state index in [1.165, 1.54) is 15.6 Å². The lowest BCUT2D eigenvalue weighted by Gasteiger charge is -2.25. The van der Waals surface area contributed by atoms with Gasteiger partial charge in [-0.05, 0) is 23.9 Å². The predicted octanol–water partition coefficient (Wildman–Crippen LogP) is 2.53. The number of nitrogens with zero attached hydrogens (tertiary/aromatic N) is 1. The fourth-order valence-corrected chi connectivity index (χ4v) is 4.93. The fraction of sp³-hybridized carbons (Fsp3) is 0.636. The van der Waals surface area contributed by atoms with Crippen molar-refractivity contribution in [3.8, 4) is 0 Å². The first kappa shape index (κ1) is 15.9. The van der Waals surface area contributed by atoms with Crippen molar-refractivity contribution in [3.05, 3.63) is 17.0 Å². The second kappa shape index (κ2) is 6.86. The van der Waals surface area contributed by atoms with E-state index in [-0.39, 0.29) is 6.04 Å². The second-order valence-corrected chi connectivity index (χ2v) is 7.22. The van der Waals surface area contributed by atoms with Gasteiger partial charge >= 0.3 is 0 Å². The molecule has 0 saturated carbocycles. The molecule has 1 rings (SSSR count). The summed E-state index contributed by atoms with van der Waals surface area (Å²) < 4.78 is 31.7. The standard InChI is InChI=1S/C11H18ClNO3S2/c1-4-13(9(2)7-16-3)18(14,15)11-5-10(6-12)8-17-11/h5,8-9H,4,6-7H2,1-3H3. The van der Waals surface area contributed by atoms with E-state index >= 15 is 0 Å². The first-order valence-corrected chi connectivity index (χ1v) is 8.46. The van der Waals surface area contributed by atoms with Gasteiger partial charge in [0.05, 0.1) is 6.61 Å². The molecule has 1 aromatic heterocycles. The van der Waals surface area contributed by atoms with Crippen molar-refractivity contribution in [2.75, 3.05) is 20.3 Å². The zero-order valence-corrected chi connectivity index (χ0v) is 13.1. The van der Waals surface area contributed by atoms with E-state index in [0.717, 1.165) is 5.56 Å². The Bertz CT molecular complexity index is 472. The van der Waals surface area contributed by atoms with Gasteiger partial charge in [-0.25, -0.2) is 8.42 Å². The number of ether oxygens (including phenoxy) is 1. The van der Waals surface area contributed by atoms with Crippen molar-refractivity contribution in [2.45, 2.75) is 30.0 Å². The molecular weight excluding hydrogens is 294 g/mol. The van der Waals surface area contributed by atoms with E-state index in [4.69, 9.17) is 16.3 Å². The molecule has 0 saturated heterocycles. The summed E-state index contributed by atoms with van der Waals surface area (Å²) in [6.45, 7) is 4.45. The lowest BCUT2D eigenvalue weighted by atomic mass is 10.4. The van der Waals surface area contributed by atoms with Gasteiger partial charge in [0.15, 0.2) is 0 Å². The van der Waals surface area contributed by atoms with Crippen LogP contribution in [0.3, 0.4) is 0 Å². The molecular formula is C11H18ClNO3S2. The summed E-state index contributed by atoms with van der Waals surface area (Å²) in [5, 5.41) is 1.77. The van der Waals surface area contributed by atoms with Crippen LogP contribution in [0, 0.1) is 0 Å². The van der Waals surface area contributed by atoms with Crippen LogP contribution in [0.1, 0.15) is 19.4 Å². The number of thiophene rings is 1. The third-order valence-electron chi connectivity index (χ3n) is 2.56. The Morgan fingerprint density at radius 1 is 1.56 bits per heavy atom. The van der Waals surface area contributed by atoms with Gasteiger partial charge in [-0.1, -0.05) is 6.92 Å². The van der Waals surface area contributed by atoms with Gasteiger partial charge in [0.25, 0.3) is 10.0 Å². The summed E-state index contributed by atoms with van der Waals surface area (Å²) in [5.41, 5.74) is 0.829. The number of sulfonamides is 1. The average molecular weight is 312 g/mol. The molecule has 0 bridgehead atoms. The monoisotopic (exact) mass is 311 g/mol. The van der Waals surface area contributed by atoms with Crippen LogP contribution in [0.2, 0.25) is 0 Å². The Kier molecular flexibility index (Phi) is 6.07. The zero-order chi connectivity index (χ0) is 13.8. The Balaban J connectivity index is 3.02. The third-order valence-corrected chi connectivity index (χ3v) is 6.42. The van der Waals surface area contributed by atoms with Crippen LogP contribution < -0.4 is 0 Å². The largest absolute Gasteiger partial charge is 0.383 e. The van der Waals surface area contributed by atoms with Crippen LogP contribution in [-0.4, -0.2) is 39.0 Å². The summed E-state index contributed by atoms with van der Waals surface area (Å²) in [7, 11) is -1.89. The molecule has 104 valence electrons. The molecule has 0 aliphatic heterocycles. The molecule has 0 fully saturated rings. The molecule has 1 aromatic rings. The number of halogens is 1. The highest BCUT2D eigenvalue weighted by Crippen LogP contribution is 2.26. The van der Waals surface area contributed by atoms with Gasteiger partial charge in [-0.2, -0.15) is 4.31 Å². The van der Waals surface area contributed by atoms with E-state index < -0.39 is 10.0 Å². The van der Waals surface area contributed by atoms with Crippen molar-refractivity contribution in [3.63, 3.8) is 0 Å². The highest BCUT2D eigenvalue weighted by molar-refractivity contribution is 7.91. The van der Waals surface area contributed by atoms with Gasteiger partial charge in [0.1, 0.15) is 4.21 Å². The Morgan fingerprint density at radius 2 is 2.22 bits per heavy atom. The minimum absolute atomic E-state index is 0.188. The van der Waals surface area contributed by atoms with Crippen LogP contribution in [-0.2, 0) is 20.6 Å². The summed E-state index contributed by atoms with van der Waals surface area (Å²) in [6.07, 6.45) is 0. The van der Waals surface area contributed by atoms with Crippen molar-refractivity contribution in [1.29, 1.82) is 0 Å². The van der Waals surface area contributed by atoms with Gasteiger partial charge in [0.2, 0.25) is 0 Å². The highest BCUT2D eigenvalue weighted by atomic mass is 35.5. The van der Waals surface area contributed by atoms with E-state index in [9.17, 15) is 8.42 Å². The summed E-state index contributed by atoms with van der Waals surface area (Å²) >= 11 is 6.90. The van der Waals surface area contributed by atoms with Gasteiger partial charge in [0, 0.05) is 25.6 Å². The van der Waals surface area contributed by atoms with Crippen LogP contribution in [0.4, 0.5) is 0 Å². The van der Waals surface area contributed by atoms with Crippen LogP contribution in [0.25, 0.3) is 0 Å². The van der Waals surface area contributed by atoms with Gasteiger partial charge in [-0.3, -0.25) is 0 Å². The van der Waals surface area contributed by atoms with E-state index in [0.29, 0.717) is 23.2 Å². The number of hydrogen-bond donors (Lipinski definition) is 0. The Morgan fingerprint density at radius 3 is 2.67 bits per heavy atom. The number of rotatable bonds is 7. The highest BCUT2D eigenvalue weighted by Gasteiger charge is 2.28. The van der Waals surface area contributed by atoms with E-state index in [1.807, 2.05) is 13.8 Å². The van der Waals surface area contributed by atoms with Crippen LogP contribution in [0.15, 0.2) is 15.7 Å². The lowest BCUT2D eigenvalue weighted by Crippen LogP contribution is -2.40. The molecule has 7 heteroatoms. The minimum atomic E-state index is -3.45. The van der Waals surface area contributed by atoms with Gasteiger partial charge < -0.3 is 4.74 Å². The molecule has 1 atom stereocenters.